The SMILES string of the molecule is CN=C(NCC(=O)N1CCN(c2ccc(Cl)cc2)CC1)NC1CC2CCC1O2.I. The molecule has 160 valence electrons. The highest BCUT2D eigenvalue weighted by molar-refractivity contribution is 14.0. The summed E-state index contributed by atoms with van der Waals surface area (Å²) >= 11 is 5.96. The average molecular weight is 534 g/mol. The zero-order valence-electron chi connectivity index (χ0n) is 16.6. The highest BCUT2D eigenvalue weighted by atomic mass is 127. The zero-order chi connectivity index (χ0) is 19.5. The molecule has 0 radical (unpaired) electrons. The number of benzene rings is 1. The van der Waals surface area contributed by atoms with Crippen molar-refractivity contribution in [1.82, 2.24) is 15.5 Å². The number of piperazine rings is 1. The van der Waals surface area contributed by atoms with Gasteiger partial charge in [-0.2, -0.15) is 0 Å². The van der Waals surface area contributed by atoms with Gasteiger partial charge in [0.25, 0.3) is 0 Å². The number of guanidine groups is 1. The van der Waals surface area contributed by atoms with E-state index in [-0.39, 0.29) is 42.5 Å². The number of amides is 1. The molecule has 29 heavy (non-hydrogen) atoms. The molecule has 3 heterocycles. The molecule has 0 aromatic heterocycles. The van der Waals surface area contributed by atoms with Gasteiger partial charge in [-0.25, -0.2) is 0 Å². The highest BCUT2D eigenvalue weighted by Crippen LogP contribution is 2.34. The second-order valence-corrected chi connectivity index (χ2v) is 8.07. The van der Waals surface area contributed by atoms with Gasteiger partial charge < -0.3 is 25.2 Å². The maximum atomic E-state index is 12.6. The first-order valence-electron chi connectivity index (χ1n) is 10.0. The zero-order valence-corrected chi connectivity index (χ0v) is 19.7. The van der Waals surface area contributed by atoms with Crippen LogP contribution in [0.1, 0.15) is 19.3 Å². The number of rotatable bonds is 4. The molecule has 3 aliphatic rings. The fourth-order valence-corrected chi connectivity index (χ4v) is 4.42. The van der Waals surface area contributed by atoms with Gasteiger partial charge in [0.05, 0.1) is 24.8 Å². The van der Waals surface area contributed by atoms with E-state index in [4.69, 9.17) is 16.3 Å². The van der Waals surface area contributed by atoms with Crippen LogP contribution in [-0.2, 0) is 9.53 Å². The molecule has 7 nitrogen and oxygen atoms in total. The molecular formula is C20H29ClIN5O2. The van der Waals surface area contributed by atoms with E-state index < -0.39 is 0 Å². The molecule has 2 N–H and O–H groups in total. The van der Waals surface area contributed by atoms with Crippen molar-refractivity contribution in [2.24, 2.45) is 4.99 Å². The lowest BCUT2D eigenvalue weighted by atomic mass is 9.96. The van der Waals surface area contributed by atoms with Crippen molar-refractivity contribution in [3.05, 3.63) is 29.3 Å². The first-order valence-corrected chi connectivity index (χ1v) is 10.4. The number of hydrogen-bond acceptors (Lipinski definition) is 4. The Hall–Kier alpha value is -1.26. The van der Waals surface area contributed by atoms with Crippen molar-refractivity contribution in [2.75, 3.05) is 44.7 Å². The molecule has 2 bridgehead atoms. The summed E-state index contributed by atoms with van der Waals surface area (Å²) in [6, 6.07) is 8.14. The van der Waals surface area contributed by atoms with Gasteiger partial charge in [-0.05, 0) is 43.5 Å². The number of ether oxygens (including phenoxy) is 1. The first kappa shape index (κ1) is 22.4. The van der Waals surface area contributed by atoms with Crippen LogP contribution in [0.5, 0.6) is 0 Å². The number of carbonyl (C=O) groups excluding carboxylic acids is 1. The third kappa shape index (κ3) is 5.46. The number of fused-ring (bicyclic) bond motifs is 2. The molecule has 1 amide bonds. The number of nitrogens with zero attached hydrogens (tertiary/aromatic N) is 3. The van der Waals surface area contributed by atoms with Crippen LogP contribution in [0.2, 0.25) is 5.02 Å². The Morgan fingerprint density at radius 3 is 2.52 bits per heavy atom. The summed E-state index contributed by atoms with van der Waals surface area (Å²) in [5.41, 5.74) is 1.15. The van der Waals surface area contributed by atoms with Crippen LogP contribution in [0.3, 0.4) is 0 Å². The van der Waals surface area contributed by atoms with Crippen molar-refractivity contribution >= 4 is 53.1 Å². The summed E-state index contributed by atoms with van der Waals surface area (Å²) in [4.78, 5) is 21.0. The van der Waals surface area contributed by atoms with E-state index in [1.165, 1.54) is 0 Å². The van der Waals surface area contributed by atoms with Crippen LogP contribution in [0.25, 0.3) is 0 Å². The monoisotopic (exact) mass is 533 g/mol. The van der Waals surface area contributed by atoms with E-state index in [1.54, 1.807) is 7.05 Å². The molecule has 0 spiro atoms. The minimum absolute atomic E-state index is 0. The van der Waals surface area contributed by atoms with Gasteiger partial charge in [0.15, 0.2) is 5.96 Å². The van der Waals surface area contributed by atoms with Gasteiger partial charge in [-0.15, -0.1) is 24.0 Å². The third-order valence-electron chi connectivity index (χ3n) is 5.88. The number of nitrogens with one attached hydrogen (secondary N) is 2. The van der Waals surface area contributed by atoms with Gasteiger partial charge in [0.2, 0.25) is 5.91 Å². The summed E-state index contributed by atoms with van der Waals surface area (Å²) in [6.45, 7) is 3.33. The fourth-order valence-electron chi connectivity index (χ4n) is 4.30. The van der Waals surface area contributed by atoms with Crippen LogP contribution in [-0.4, -0.2) is 74.8 Å². The lowest BCUT2D eigenvalue weighted by Gasteiger charge is -2.36. The van der Waals surface area contributed by atoms with Crippen molar-refractivity contribution in [3.63, 3.8) is 0 Å². The molecule has 1 aromatic rings. The van der Waals surface area contributed by atoms with Crippen molar-refractivity contribution in [2.45, 2.75) is 37.5 Å². The number of hydrogen-bond donors (Lipinski definition) is 2. The van der Waals surface area contributed by atoms with E-state index in [0.717, 1.165) is 56.2 Å². The number of halogens is 2. The van der Waals surface area contributed by atoms with Gasteiger partial charge in [-0.1, -0.05) is 11.6 Å². The molecule has 3 fully saturated rings. The topological polar surface area (TPSA) is 69.2 Å². The summed E-state index contributed by atoms with van der Waals surface area (Å²) < 4.78 is 5.87. The normalized spacial score (nSPS) is 26.3. The Labute approximate surface area is 194 Å². The molecule has 3 unspecified atom stereocenters. The van der Waals surface area contributed by atoms with E-state index in [2.05, 4.69) is 20.5 Å². The predicted molar refractivity (Wildman–Crippen MR) is 126 cm³/mol. The van der Waals surface area contributed by atoms with Crippen molar-refractivity contribution < 1.29 is 9.53 Å². The largest absolute Gasteiger partial charge is 0.373 e. The van der Waals surface area contributed by atoms with Crippen LogP contribution in [0, 0.1) is 0 Å². The summed E-state index contributed by atoms with van der Waals surface area (Å²) in [5.74, 6) is 0.775. The molecule has 3 aliphatic heterocycles. The molecule has 4 rings (SSSR count). The van der Waals surface area contributed by atoms with Crippen molar-refractivity contribution in [3.8, 4) is 0 Å². The number of carbonyl (C=O) groups is 1. The van der Waals surface area contributed by atoms with E-state index >= 15 is 0 Å². The lowest BCUT2D eigenvalue weighted by molar-refractivity contribution is -0.130. The maximum absolute atomic E-state index is 12.6. The minimum Gasteiger partial charge on any atom is -0.373 e. The molecule has 9 heteroatoms. The highest BCUT2D eigenvalue weighted by Gasteiger charge is 2.41. The van der Waals surface area contributed by atoms with Gasteiger partial charge in [-0.3, -0.25) is 9.79 Å². The molecule has 3 saturated heterocycles. The summed E-state index contributed by atoms with van der Waals surface area (Å²) in [6.07, 6.45) is 3.96. The van der Waals surface area contributed by atoms with E-state index in [1.807, 2.05) is 29.2 Å². The Morgan fingerprint density at radius 1 is 1.21 bits per heavy atom. The predicted octanol–water partition coefficient (Wildman–Crippen LogP) is 2.09. The van der Waals surface area contributed by atoms with Crippen molar-refractivity contribution in [1.29, 1.82) is 0 Å². The van der Waals surface area contributed by atoms with Gasteiger partial charge >= 0.3 is 0 Å². The van der Waals surface area contributed by atoms with E-state index in [9.17, 15) is 4.79 Å². The maximum Gasteiger partial charge on any atom is 0.242 e. The number of aliphatic imine (C=N–C) groups is 1. The number of anilines is 1. The Kier molecular flexibility index (Phi) is 7.86. The minimum atomic E-state index is 0. The van der Waals surface area contributed by atoms with Crippen LogP contribution >= 0.6 is 35.6 Å². The summed E-state index contributed by atoms with van der Waals surface area (Å²) in [7, 11) is 1.73. The van der Waals surface area contributed by atoms with Gasteiger partial charge in [0.1, 0.15) is 0 Å². The Balaban J connectivity index is 0.00000240. The summed E-state index contributed by atoms with van der Waals surface area (Å²) in [5, 5.41) is 7.32. The lowest BCUT2D eigenvalue weighted by Crippen LogP contribution is -2.53. The smallest absolute Gasteiger partial charge is 0.242 e. The van der Waals surface area contributed by atoms with E-state index in [0.29, 0.717) is 18.1 Å². The second kappa shape index (κ2) is 10.2. The fraction of sp³-hybridized carbons (Fsp3) is 0.600. The Bertz CT molecular complexity index is 724. The molecule has 0 saturated carbocycles. The molecular weight excluding hydrogens is 505 g/mol. The van der Waals surface area contributed by atoms with Crippen LogP contribution < -0.4 is 15.5 Å². The standard InChI is InChI=1S/C20H28ClN5O2.HI/c1-22-20(24-17-12-16-6-7-18(17)28-16)23-13-19(27)26-10-8-25(9-11-26)15-4-2-14(21)3-5-15;/h2-5,16-18H,6-13H2,1H3,(H2,22,23,24);1H. The first-order chi connectivity index (χ1) is 13.6. The van der Waals surface area contributed by atoms with Crippen LogP contribution in [0.4, 0.5) is 5.69 Å². The third-order valence-corrected chi connectivity index (χ3v) is 6.13. The van der Waals surface area contributed by atoms with Gasteiger partial charge in [0, 0.05) is 43.9 Å². The quantitative estimate of drug-likeness (QED) is 0.353. The average Bonchev–Trinajstić information content (AvgIpc) is 3.35. The van der Waals surface area contributed by atoms with Crippen LogP contribution in [0.15, 0.2) is 29.3 Å². The molecule has 0 aliphatic carbocycles. The molecule has 3 atom stereocenters. The second-order valence-electron chi connectivity index (χ2n) is 7.63. The molecule has 1 aromatic carbocycles. The Morgan fingerprint density at radius 2 is 1.93 bits per heavy atom.